The summed E-state index contributed by atoms with van der Waals surface area (Å²) in [4.78, 5) is 8.45. The van der Waals surface area contributed by atoms with Crippen LogP contribution in [-0.2, 0) is 22.3 Å². The zero-order valence-corrected chi connectivity index (χ0v) is 11.9. The van der Waals surface area contributed by atoms with Gasteiger partial charge in [-0.05, 0) is 6.07 Å². The molecule has 0 radical (unpaired) electrons. The van der Waals surface area contributed by atoms with Crippen molar-refractivity contribution in [1.29, 1.82) is 0 Å². The summed E-state index contributed by atoms with van der Waals surface area (Å²) in [6.07, 6.45) is 2.69. The second kappa shape index (κ2) is 5.03. The number of halogens is 2. The Hall–Kier alpha value is -0.850. The first-order chi connectivity index (χ1) is 8.40. The quantitative estimate of drug-likeness (QED) is 0.809. The fourth-order valence-corrected chi connectivity index (χ4v) is 2.50. The first kappa shape index (κ1) is 13.6. The van der Waals surface area contributed by atoms with Crippen LogP contribution in [0.1, 0.15) is 5.82 Å². The molecule has 0 unspecified atom stereocenters. The molecule has 0 bridgehead atoms. The number of pyridine rings is 1. The lowest BCUT2D eigenvalue weighted by Gasteiger charge is -2.05. The number of hydrogen-bond donors (Lipinski definition) is 0. The second-order valence-electron chi connectivity index (χ2n) is 3.94. The van der Waals surface area contributed by atoms with Crippen LogP contribution in [-0.4, -0.2) is 35.0 Å². The minimum Gasteiger partial charge on any atom is -0.311 e. The zero-order valence-electron chi connectivity index (χ0n) is 9.60. The van der Waals surface area contributed by atoms with E-state index in [1.807, 2.05) is 0 Å². The molecule has 18 heavy (non-hydrogen) atoms. The molecule has 0 saturated heterocycles. The predicted molar refractivity (Wildman–Crippen MR) is 71.8 cm³/mol. The maximum Gasteiger partial charge on any atom is 0.160 e. The molecule has 2 heterocycles. The van der Waals surface area contributed by atoms with Crippen molar-refractivity contribution in [2.45, 2.75) is 12.4 Å². The van der Waals surface area contributed by atoms with E-state index in [0.717, 1.165) is 0 Å². The maximum atomic E-state index is 11.2. The lowest BCUT2D eigenvalue weighted by atomic mass is 10.4. The third-order valence-electron chi connectivity index (χ3n) is 2.44. The predicted octanol–water partition coefficient (Wildman–Crippen LogP) is 1.87. The van der Waals surface area contributed by atoms with Gasteiger partial charge in [0, 0.05) is 19.0 Å². The maximum absolute atomic E-state index is 11.2. The molecule has 2 aromatic rings. The molecule has 2 rings (SSSR count). The molecule has 98 valence electrons. The molecule has 0 amide bonds. The fourth-order valence-electron chi connectivity index (χ4n) is 1.63. The van der Waals surface area contributed by atoms with E-state index in [-0.39, 0.29) is 18.2 Å². The number of rotatable bonds is 4. The van der Waals surface area contributed by atoms with Crippen molar-refractivity contribution in [2.75, 3.05) is 12.0 Å². The van der Waals surface area contributed by atoms with Gasteiger partial charge in [0.1, 0.15) is 21.2 Å². The van der Waals surface area contributed by atoms with E-state index < -0.39 is 9.84 Å². The van der Waals surface area contributed by atoms with Gasteiger partial charge in [0.25, 0.3) is 0 Å². The van der Waals surface area contributed by atoms with Gasteiger partial charge in [-0.3, -0.25) is 0 Å². The van der Waals surface area contributed by atoms with Gasteiger partial charge in [0.15, 0.2) is 5.65 Å². The molecule has 0 aliphatic heterocycles. The number of sulfone groups is 1. The monoisotopic (exact) mass is 307 g/mol. The normalized spacial score (nSPS) is 12.2. The van der Waals surface area contributed by atoms with E-state index >= 15 is 0 Å². The molecule has 5 nitrogen and oxygen atoms in total. The van der Waals surface area contributed by atoms with Crippen LogP contribution in [0.3, 0.4) is 0 Å². The van der Waals surface area contributed by atoms with Crippen LogP contribution >= 0.6 is 23.2 Å². The van der Waals surface area contributed by atoms with Crippen LogP contribution in [0.15, 0.2) is 12.3 Å². The van der Waals surface area contributed by atoms with E-state index in [0.29, 0.717) is 22.0 Å². The Kier molecular flexibility index (Phi) is 3.79. The van der Waals surface area contributed by atoms with Crippen molar-refractivity contribution in [3.05, 3.63) is 23.1 Å². The van der Waals surface area contributed by atoms with Crippen LogP contribution in [0, 0.1) is 0 Å². The van der Waals surface area contributed by atoms with Crippen LogP contribution in [0.2, 0.25) is 5.02 Å². The number of imidazole rings is 1. The van der Waals surface area contributed by atoms with Gasteiger partial charge in [-0.15, -0.1) is 11.6 Å². The molecule has 0 N–H and O–H groups in total. The molecular formula is C10H11Cl2N3O2S. The first-order valence-corrected chi connectivity index (χ1v) is 8.12. The molecule has 0 aliphatic carbocycles. The van der Waals surface area contributed by atoms with Gasteiger partial charge < -0.3 is 4.57 Å². The van der Waals surface area contributed by atoms with Gasteiger partial charge in [0.05, 0.1) is 16.7 Å². The molecule has 0 aromatic carbocycles. The largest absolute Gasteiger partial charge is 0.311 e. The number of aryl methyl sites for hydroxylation is 1. The van der Waals surface area contributed by atoms with Crippen LogP contribution < -0.4 is 0 Å². The fraction of sp³-hybridized carbons (Fsp3) is 0.400. The molecule has 0 aliphatic rings. The minimum atomic E-state index is -3.05. The Balaban J connectivity index is 2.47. The van der Waals surface area contributed by atoms with Crippen LogP contribution in [0.5, 0.6) is 0 Å². The molecule has 2 aromatic heterocycles. The summed E-state index contributed by atoms with van der Waals surface area (Å²) in [6, 6.07) is 1.68. The lowest BCUT2D eigenvalue weighted by molar-refractivity contribution is 0.594. The molecule has 0 atom stereocenters. The van der Waals surface area contributed by atoms with Crippen molar-refractivity contribution < 1.29 is 8.42 Å². The Labute approximate surface area is 115 Å². The van der Waals surface area contributed by atoms with Gasteiger partial charge in [-0.1, -0.05) is 11.6 Å². The molecule has 0 spiro atoms. The van der Waals surface area contributed by atoms with Crippen LogP contribution in [0.25, 0.3) is 11.2 Å². The highest BCUT2D eigenvalue weighted by atomic mass is 35.5. The van der Waals surface area contributed by atoms with E-state index in [1.165, 1.54) is 12.5 Å². The average Bonchev–Trinajstić information content (AvgIpc) is 2.62. The topological polar surface area (TPSA) is 64.8 Å². The van der Waals surface area contributed by atoms with Crippen LogP contribution in [0.4, 0.5) is 0 Å². The Morgan fingerprint density at radius 1 is 1.44 bits per heavy atom. The molecule has 8 heteroatoms. The summed E-state index contributed by atoms with van der Waals surface area (Å²) in [5.41, 5.74) is 1.21. The molecule has 0 saturated carbocycles. The number of alkyl halides is 1. The smallest absolute Gasteiger partial charge is 0.160 e. The summed E-state index contributed by atoms with van der Waals surface area (Å²) in [6.45, 7) is 0.284. The van der Waals surface area contributed by atoms with Gasteiger partial charge in [0.2, 0.25) is 0 Å². The molecular weight excluding hydrogens is 297 g/mol. The highest BCUT2D eigenvalue weighted by molar-refractivity contribution is 7.90. The van der Waals surface area contributed by atoms with Gasteiger partial charge in [-0.2, -0.15) is 0 Å². The summed E-state index contributed by atoms with van der Waals surface area (Å²) >= 11 is 11.6. The molecule has 0 fully saturated rings. The number of fused-ring (bicyclic) bond motifs is 1. The summed E-state index contributed by atoms with van der Waals surface area (Å²) in [5.74, 6) is 0.801. The van der Waals surface area contributed by atoms with E-state index in [2.05, 4.69) is 9.97 Å². The number of nitrogens with zero attached hydrogens (tertiary/aromatic N) is 3. The van der Waals surface area contributed by atoms with E-state index in [1.54, 1.807) is 10.6 Å². The van der Waals surface area contributed by atoms with E-state index in [4.69, 9.17) is 23.2 Å². The lowest BCUT2D eigenvalue weighted by Crippen LogP contribution is -2.13. The van der Waals surface area contributed by atoms with Crippen molar-refractivity contribution >= 4 is 44.2 Å². The summed E-state index contributed by atoms with van der Waals surface area (Å²) < 4.78 is 24.1. The van der Waals surface area contributed by atoms with Crippen molar-refractivity contribution in [3.63, 3.8) is 0 Å². The highest BCUT2D eigenvalue weighted by Gasteiger charge is 2.13. The third-order valence-corrected chi connectivity index (χ3v) is 3.81. The Morgan fingerprint density at radius 3 is 2.78 bits per heavy atom. The van der Waals surface area contributed by atoms with Crippen molar-refractivity contribution in [1.82, 2.24) is 14.5 Å². The first-order valence-electron chi connectivity index (χ1n) is 5.15. The van der Waals surface area contributed by atoms with Gasteiger partial charge >= 0.3 is 0 Å². The van der Waals surface area contributed by atoms with Gasteiger partial charge in [-0.25, -0.2) is 18.4 Å². The Morgan fingerprint density at radius 2 is 2.17 bits per heavy atom. The zero-order chi connectivity index (χ0) is 13.3. The SMILES string of the molecule is CS(=O)(=O)CCn1c(CCl)nc2cc(Cl)cnc21. The average molecular weight is 308 g/mol. The second-order valence-corrected chi connectivity index (χ2v) is 6.90. The summed E-state index contributed by atoms with van der Waals surface area (Å²) in [5, 5.41) is 0.483. The summed E-state index contributed by atoms with van der Waals surface area (Å²) in [7, 11) is -3.05. The van der Waals surface area contributed by atoms with Crippen molar-refractivity contribution in [2.24, 2.45) is 0 Å². The number of aromatic nitrogens is 3. The minimum absolute atomic E-state index is 0.0205. The Bertz CT molecular complexity index is 682. The number of hydrogen-bond acceptors (Lipinski definition) is 4. The van der Waals surface area contributed by atoms with E-state index in [9.17, 15) is 8.42 Å². The van der Waals surface area contributed by atoms with Crippen molar-refractivity contribution in [3.8, 4) is 0 Å². The standard InChI is InChI=1S/C10H11Cl2N3O2S/c1-18(16,17)3-2-15-9(5-11)14-8-4-7(12)6-13-10(8)15/h4,6H,2-3,5H2,1H3. The highest BCUT2D eigenvalue weighted by Crippen LogP contribution is 2.19. The third kappa shape index (κ3) is 2.93.